The minimum atomic E-state index is -2.22. The highest BCUT2D eigenvalue weighted by Gasteiger charge is 2.59. The number of hydrogen-bond acceptors (Lipinski definition) is 6. The maximum absolute atomic E-state index is 12.9. The van der Waals surface area contributed by atoms with Gasteiger partial charge in [-0.3, -0.25) is 0 Å². The number of hydrogen-bond donors (Lipinski definition) is 0. The number of carbonyl (C=O) groups excluding carboxylic acids is 2. The summed E-state index contributed by atoms with van der Waals surface area (Å²) in [5, 5.41) is 0. The van der Waals surface area contributed by atoms with Crippen LogP contribution in [0.2, 0.25) is 0 Å². The number of ether oxygens (including phenoxy) is 4. The molecule has 0 radical (unpaired) electrons. The summed E-state index contributed by atoms with van der Waals surface area (Å²) in [4.78, 5) is 25.8. The minimum absolute atomic E-state index is 0.225. The second-order valence-corrected chi connectivity index (χ2v) is 8.78. The van der Waals surface area contributed by atoms with Gasteiger partial charge in [-0.1, -0.05) is 103 Å². The number of unbranched alkanes of at least 4 members (excludes halogenated alkanes) is 12. The van der Waals surface area contributed by atoms with Gasteiger partial charge in [-0.15, -0.1) is 0 Å². The molecule has 0 bridgehead atoms. The summed E-state index contributed by atoms with van der Waals surface area (Å²) in [7, 11) is 0. The van der Waals surface area contributed by atoms with Gasteiger partial charge in [0.1, 0.15) is 0 Å². The van der Waals surface area contributed by atoms with Crippen LogP contribution in [0.25, 0.3) is 0 Å². The van der Waals surface area contributed by atoms with Crippen molar-refractivity contribution >= 4 is 11.9 Å². The molecule has 33 heavy (non-hydrogen) atoms. The van der Waals surface area contributed by atoms with Crippen LogP contribution in [0.15, 0.2) is 24.3 Å². The van der Waals surface area contributed by atoms with Crippen LogP contribution in [-0.4, -0.2) is 30.9 Å². The standard InChI is InChI=1S/C27H42O6/c1-3-5-7-9-11-13-17-21-30-25(28)27(32-23-19-15-16-20-24(23)33-27)26(29)31-22-18-14-12-10-8-6-4-2/h15-16,19-20H,3-14,17-18,21-22H2,1-2H3. The molecule has 0 unspecified atom stereocenters. The van der Waals surface area contributed by atoms with Crippen LogP contribution in [0, 0.1) is 0 Å². The van der Waals surface area contributed by atoms with Crippen LogP contribution in [-0.2, 0) is 19.1 Å². The molecule has 1 aliphatic rings. The van der Waals surface area contributed by atoms with E-state index in [4.69, 9.17) is 18.9 Å². The SMILES string of the molecule is CCCCCCCCCOC(=O)C1(C(=O)OCCCCCCCCC)Oc2ccccc2O1. The molecular weight excluding hydrogens is 420 g/mol. The average Bonchev–Trinajstić information content (AvgIpc) is 3.23. The van der Waals surface area contributed by atoms with E-state index in [1.807, 2.05) is 0 Å². The van der Waals surface area contributed by atoms with Crippen molar-refractivity contribution < 1.29 is 28.5 Å². The van der Waals surface area contributed by atoms with Crippen molar-refractivity contribution in [3.05, 3.63) is 24.3 Å². The highest BCUT2D eigenvalue weighted by atomic mass is 16.8. The lowest BCUT2D eigenvalue weighted by atomic mass is 10.1. The molecular formula is C27H42O6. The van der Waals surface area contributed by atoms with Gasteiger partial charge < -0.3 is 18.9 Å². The second kappa shape index (κ2) is 15.6. The third-order valence-corrected chi connectivity index (χ3v) is 5.86. The van der Waals surface area contributed by atoms with Gasteiger partial charge in [0.05, 0.1) is 13.2 Å². The van der Waals surface area contributed by atoms with E-state index in [0.29, 0.717) is 11.5 Å². The number of fused-ring (bicyclic) bond motifs is 1. The Balaban J connectivity index is 1.81. The first-order chi connectivity index (χ1) is 16.1. The molecule has 0 spiro atoms. The lowest BCUT2D eigenvalue weighted by Crippen LogP contribution is -2.56. The first kappa shape index (κ1) is 27.0. The van der Waals surface area contributed by atoms with Gasteiger partial charge >= 0.3 is 17.7 Å². The second-order valence-electron chi connectivity index (χ2n) is 8.78. The fraction of sp³-hybridized carbons (Fsp3) is 0.704. The minimum Gasteiger partial charge on any atom is -0.459 e. The smallest absolute Gasteiger partial charge is 0.453 e. The van der Waals surface area contributed by atoms with Gasteiger partial charge in [0.25, 0.3) is 0 Å². The molecule has 1 aliphatic heterocycles. The van der Waals surface area contributed by atoms with E-state index >= 15 is 0 Å². The summed E-state index contributed by atoms with van der Waals surface area (Å²) < 4.78 is 22.2. The molecule has 0 aliphatic carbocycles. The Morgan fingerprint density at radius 3 is 1.39 bits per heavy atom. The number of carbonyl (C=O) groups is 2. The van der Waals surface area contributed by atoms with Gasteiger partial charge in [0.15, 0.2) is 11.5 Å². The van der Waals surface area contributed by atoms with Gasteiger partial charge in [0.2, 0.25) is 0 Å². The van der Waals surface area contributed by atoms with Crippen molar-refractivity contribution in [2.75, 3.05) is 13.2 Å². The Kier molecular flexibility index (Phi) is 12.7. The van der Waals surface area contributed by atoms with E-state index in [-0.39, 0.29) is 13.2 Å². The normalized spacial score (nSPS) is 13.6. The highest BCUT2D eigenvalue weighted by Crippen LogP contribution is 2.40. The summed E-state index contributed by atoms with van der Waals surface area (Å²) in [5.74, 6) is -3.26. The molecule has 0 atom stereocenters. The number of benzene rings is 1. The molecule has 6 heteroatoms. The van der Waals surface area contributed by atoms with E-state index in [9.17, 15) is 9.59 Å². The van der Waals surface area contributed by atoms with Crippen molar-refractivity contribution in [1.82, 2.24) is 0 Å². The van der Waals surface area contributed by atoms with Crippen molar-refractivity contribution in [2.45, 2.75) is 110 Å². The van der Waals surface area contributed by atoms with Crippen LogP contribution in [0.1, 0.15) is 104 Å². The van der Waals surface area contributed by atoms with Gasteiger partial charge in [-0.25, -0.2) is 9.59 Å². The van der Waals surface area contributed by atoms with Gasteiger partial charge in [-0.2, -0.15) is 0 Å². The molecule has 1 heterocycles. The third-order valence-electron chi connectivity index (χ3n) is 5.86. The molecule has 0 saturated heterocycles. The van der Waals surface area contributed by atoms with Crippen LogP contribution in [0.4, 0.5) is 0 Å². The molecule has 0 N–H and O–H groups in total. The molecule has 0 aromatic heterocycles. The number of rotatable bonds is 18. The number of esters is 2. The van der Waals surface area contributed by atoms with E-state index in [1.54, 1.807) is 24.3 Å². The molecule has 1 aromatic rings. The zero-order valence-electron chi connectivity index (χ0n) is 20.6. The Morgan fingerprint density at radius 1 is 0.636 bits per heavy atom. The van der Waals surface area contributed by atoms with Crippen LogP contribution < -0.4 is 9.47 Å². The molecule has 0 saturated carbocycles. The third kappa shape index (κ3) is 8.90. The highest BCUT2D eigenvalue weighted by molar-refractivity contribution is 6.03. The average molecular weight is 463 g/mol. The summed E-state index contributed by atoms with van der Waals surface area (Å²) >= 11 is 0. The first-order valence-corrected chi connectivity index (χ1v) is 13.0. The van der Waals surface area contributed by atoms with Gasteiger partial charge in [-0.05, 0) is 25.0 Å². The monoisotopic (exact) mass is 462 g/mol. The largest absolute Gasteiger partial charge is 0.459 e. The van der Waals surface area contributed by atoms with E-state index in [2.05, 4.69) is 13.8 Å². The number of para-hydroxylation sites is 2. The summed E-state index contributed by atoms with van der Waals surface area (Å²) in [5.41, 5.74) is 0. The molecule has 1 aromatic carbocycles. The molecule has 186 valence electrons. The summed E-state index contributed by atoms with van der Waals surface area (Å²) in [6.07, 6.45) is 15.5. The summed E-state index contributed by atoms with van der Waals surface area (Å²) in [6.45, 7) is 4.84. The fourth-order valence-corrected chi connectivity index (χ4v) is 3.84. The zero-order valence-corrected chi connectivity index (χ0v) is 20.6. The topological polar surface area (TPSA) is 71.1 Å². The van der Waals surface area contributed by atoms with Crippen molar-refractivity contribution in [1.29, 1.82) is 0 Å². The van der Waals surface area contributed by atoms with E-state index < -0.39 is 17.7 Å². The van der Waals surface area contributed by atoms with E-state index in [1.165, 1.54) is 51.4 Å². The van der Waals surface area contributed by atoms with E-state index in [0.717, 1.165) is 38.5 Å². The maximum Gasteiger partial charge on any atom is 0.453 e. The van der Waals surface area contributed by atoms with Gasteiger partial charge in [0, 0.05) is 0 Å². The van der Waals surface area contributed by atoms with Crippen molar-refractivity contribution in [3.63, 3.8) is 0 Å². The Morgan fingerprint density at radius 2 is 1.00 bits per heavy atom. The van der Waals surface area contributed by atoms with Crippen LogP contribution in [0.3, 0.4) is 0 Å². The quantitative estimate of drug-likeness (QED) is 0.137. The Hall–Kier alpha value is -2.24. The lowest BCUT2D eigenvalue weighted by Gasteiger charge is -2.23. The predicted molar refractivity (Wildman–Crippen MR) is 128 cm³/mol. The molecule has 2 rings (SSSR count). The molecule has 0 fully saturated rings. The van der Waals surface area contributed by atoms with Crippen LogP contribution >= 0.6 is 0 Å². The predicted octanol–water partition coefficient (Wildman–Crippen LogP) is 6.74. The Bertz CT molecular complexity index is 643. The fourth-order valence-electron chi connectivity index (χ4n) is 3.84. The van der Waals surface area contributed by atoms with Crippen LogP contribution in [0.5, 0.6) is 11.5 Å². The Labute approximate surface area is 199 Å². The van der Waals surface area contributed by atoms with Crippen molar-refractivity contribution in [3.8, 4) is 11.5 Å². The lowest BCUT2D eigenvalue weighted by molar-refractivity contribution is -0.202. The molecule has 6 nitrogen and oxygen atoms in total. The van der Waals surface area contributed by atoms with Crippen molar-refractivity contribution in [2.24, 2.45) is 0 Å². The first-order valence-electron chi connectivity index (χ1n) is 13.0. The molecule has 0 amide bonds. The zero-order chi connectivity index (χ0) is 23.8. The maximum atomic E-state index is 12.9. The summed E-state index contributed by atoms with van der Waals surface area (Å²) in [6, 6.07) is 6.83.